The Kier molecular flexibility index (Phi) is 27.5. The van der Waals surface area contributed by atoms with E-state index in [0.29, 0.717) is 12.8 Å². The van der Waals surface area contributed by atoms with Crippen molar-refractivity contribution in [1.82, 2.24) is 10.1 Å². The number of piperidine rings is 2. The molecule has 0 bridgehead atoms. The van der Waals surface area contributed by atoms with Crippen LogP contribution >= 0.6 is 0 Å². The molecule has 2 atom stereocenters. The molecule has 0 saturated carbocycles. The summed E-state index contributed by atoms with van der Waals surface area (Å²) < 4.78 is 12.8. The number of esters is 2. The van der Waals surface area contributed by atoms with Gasteiger partial charge in [0, 0.05) is 23.9 Å². The van der Waals surface area contributed by atoms with Crippen molar-refractivity contribution in [3.8, 4) is 0 Å². The summed E-state index contributed by atoms with van der Waals surface area (Å²) in [6.45, 7) is 24.2. The van der Waals surface area contributed by atoms with E-state index in [1.165, 1.54) is 64.2 Å². The summed E-state index contributed by atoms with van der Waals surface area (Å²) >= 11 is 0. The first kappa shape index (κ1) is 54.9. The van der Waals surface area contributed by atoms with Crippen LogP contribution in [0.25, 0.3) is 0 Å². The van der Waals surface area contributed by atoms with E-state index in [4.69, 9.17) is 19.1 Å². The molecule has 8 nitrogen and oxygen atoms in total. The first-order chi connectivity index (χ1) is 29.1. The zero-order chi connectivity index (χ0) is 44.3. The van der Waals surface area contributed by atoms with Gasteiger partial charge in [0.15, 0.2) is 0 Å². The maximum Gasteiger partial charge on any atom is 0.306 e. The zero-order valence-electron chi connectivity index (χ0n) is 41.5. The average molecular weight is 849 g/mol. The second-order valence-corrected chi connectivity index (χ2v) is 18.9. The fourth-order valence-electron chi connectivity index (χ4n) is 11.1. The smallest absolute Gasteiger partial charge is 0.306 e. The highest BCUT2D eigenvalue weighted by Crippen LogP contribution is 2.49. The maximum atomic E-state index is 13.3. The first-order valence-electron chi connectivity index (χ1n) is 26.3. The zero-order valence-corrected chi connectivity index (χ0v) is 41.5. The predicted octanol–water partition coefficient (Wildman–Crippen LogP) is 14.9. The predicted molar refractivity (Wildman–Crippen MR) is 251 cm³/mol. The van der Waals surface area contributed by atoms with Gasteiger partial charge in [-0.3, -0.25) is 19.3 Å². The molecule has 2 saturated heterocycles. The number of ether oxygens (including phenoxy) is 2. The summed E-state index contributed by atoms with van der Waals surface area (Å²) in [5.41, 5.74) is -0.632. The van der Waals surface area contributed by atoms with Crippen LogP contribution in [0.15, 0.2) is 0 Å². The lowest BCUT2D eigenvalue weighted by Gasteiger charge is -2.58. The van der Waals surface area contributed by atoms with Crippen molar-refractivity contribution in [3.63, 3.8) is 0 Å². The van der Waals surface area contributed by atoms with Gasteiger partial charge >= 0.3 is 11.9 Å². The van der Waals surface area contributed by atoms with Gasteiger partial charge in [0.05, 0.1) is 24.3 Å². The van der Waals surface area contributed by atoms with Gasteiger partial charge in [-0.15, -0.1) is 0 Å². The summed E-state index contributed by atoms with van der Waals surface area (Å²) in [6, 6.07) is 0. The molecule has 0 aromatic carbocycles. The molecular weight excluding hydrogens is 749 g/mol. The highest BCUT2D eigenvalue weighted by atomic mass is 16.7. The van der Waals surface area contributed by atoms with Crippen molar-refractivity contribution in [2.24, 2.45) is 0 Å². The van der Waals surface area contributed by atoms with Crippen molar-refractivity contribution in [1.29, 1.82) is 0 Å². The molecule has 2 rings (SSSR count). The molecule has 354 valence electrons. The number of carbonyl (C=O) groups excluding carboxylic acids is 2. The van der Waals surface area contributed by atoms with E-state index in [0.717, 1.165) is 142 Å². The monoisotopic (exact) mass is 849 g/mol. The van der Waals surface area contributed by atoms with Crippen molar-refractivity contribution in [2.75, 3.05) is 13.2 Å². The molecule has 0 spiro atoms. The van der Waals surface area contributed by atoms with Crippen LogP contribution in [0.4, 0.5) is 0 Å². The molecule has 0 N–H and O–H groups in total. The number of hydrogen-bond donors (Lipinski definition) is 0. The summed E-state index contributed by atoms with van der Waals surface area (Å²) in [5.74, 6) is -0.130. The van der Waals surface area contributed by atoms with Gasteiger partial charge in [-0.2, -0.15) is 10.1 Å². The average Bonchev–Trinajstić information content (AvgIpc) is 3.27. The molecule has 2 aliphatic rings. The fraction of sp³-hybridized carbons (Fsp3) is 0.962. The molecule has 0 amide bonds. The Bertz CT molecular complexity index is 1030. The first-order valence-corrected chi connectivity index (χ1v) is 26.3. The third kappa shape index (κ3) is 15.2. The number of unbranched alkanes of at least 4 members (excludes halogenated alkanes) is 15. The Labute approximate surface area is 372 Å². The van der Waals surface area contributed by atoms with Gasteiger partial charge in [-0.1, -0.05) is 159 Å². The number of rotatable bonds is 35. The largest absolute Gasteiger partial charge is 0.460 e. The highest BCUT2D eigenvalue weighted by molar-refractivity contribution is 5.70. The number of nitrogens with zero attached hydrogens (tertiary/aromatic N) is 2. The number of hydrogen-bond acceptors (Lipinski definition) is 8. The summed E-state index contributed by atoms with van der Waals surface area (Å²) in [7, 11) is 0. The van der Waals surface area contributed by atoms with Crippen molar-refractivity contribution in [2.45, 2.75) is 309 Å². The molecular formula is C52H100N2O6. The molecule has 2 unspecified atom stereocenters. The van der Waals surface area contributed by atoms with Gasteiger partial charge in [0.1, 0.15) is 12.2 Å². The molecule has 2 heterocycles. The number of hydroxylamine groups is 4. The van der Waals surface area contributed by atoms with E-state index < -0.39 is 0 Å². The second kappa shape index (κ2) is 30.0. The Morgan fingerprint density at radius 3 is 1.02 bits per heavy atom. The quantitative estimate of drug-likeness (QED) is 0.0461. The van der Waals surface area contributed by atoms with Gasteiger partial charge < -0.3 is 9.47 Å². The summed E-state index contributed by atoms with van der Waals surface area (Å²) in [4.78, 5) is 40.2. The molecule has 2 aliphatic heterocycles. The minimum Gasteiger partial charge on any atom is -0.460 e. The standard InChI is InChI=1S/C52H100N2O6/c1-11-21-23-25-31-35-43-57-53-49(13-3,14-4)41-39-45(51(53,17-7)18-8)59-47(55)37-33-29-27-28-30-34-38-48(56)60-46-40-42-50(15-5,16-6)54(52(46,19-9)20-10)58-44-36-32-26-24-22-12-2/h45-46H,11-44H2,1-10H3. The van der Waals surface area contributed by atoms with E-state index in [-0.39, 0.29) is 46.3 Å². The van der Waals surface area contributed by atoms with E-state index >= 15 is 0 Å². The SMILES string of the molecule is CCCCCCCCON1C(CC)(CC)CCC(OC(=O)CCCCCCCCC(=O)OC2CCC(CC)(CC)N(OCCCCCCCC)C2(CC)CC)C1(CC)CC. The summed E-state index contributed by atoms with van der Waals surface area (Å²) in [5, 5.41) is 4.71. The Morgan fingerprint density at radius 2 is 0.717 bits per heavy atom. The van der Waals surface area contributed by atoms with E-state index in [9.17, 15) is 9.59 Å². The molecule has 0 aromatic rings. The maximum absolute atomic E-state index is 13.3. The van der Waals surface area contributed by atoms with Crippen LogP contribution in [-0.2, 0) is 28.7 Å². The normalized spacial score (nSPS) is 21.2. The van der Waals surface area contributed by atoms with E-state index in [2.05, 4.69) is 79.4 Å². The highest BCUT2D eigenvalue weighted by Gasteiger charge is 2.57. The van der Waals surface area contributed by atoms with Crippen LogP contribution in [0.2, 0.25) is 0 Å². The van der Waals surface area contributed by atoms with Gasteiger partial charge in [0.2, 0.25) is 0 Å². The van der Waals surface area contributed by atoms with E-state index in [1.807, 2.05) is 0 Å². The third-order valence-electron chi connectivity index (χ3n) is 15.7. The molecule has 60 heavy (non-hydrogen) atoms. The third-order valence-corrected chi connectivity index (χ3v) is 15.7. The van der Waals surface area contributed by atoms with Crippen molar-refractivity contribution in [3.05, 3.63) is 0 Å². The molecule has 0 aromatic heterocycles. The topological polar surface area (TPSA) is 77.5 Å². The van der Waals surface area contributed by atoms with Crippen LogP contribution in [0.3, 0.4) is 0 Å². The van der Waals surface area contributed by atoms with Crippen molar-refractivity contribution >= 4 is 11.9 Å². The lowest BCUT2D eigenvalue weighted by Crippen LogP contribution is -2.68. The summed E-state index contributed by atoms with van der Waals surface area (Å²) in [6.07, 6.45) is 32.9. The molecule has 2 fully saturated rings. The van der Waals surface area contributed by atoms with E-state index in [1.54, 1.807) is 0 Å². The minimum absolute atomic E-state index is 0.0153. The Morgan fingerprint density at radius 1 is 0.417 bits per heavy atom. The van der Waals surface area contributed by atoms with Crippen LogP contribution < -0.4 is 0 Å². The van der Waals surface area contributed by atoms with Gasteiger partial charge in [-0.25, -0.2) is 0 Å². The minimum atomic E-state index is -0.301. The Hall–Kier alpha value is -1.22. The van der Waals surface area contributed by atoms with Gasteiger partial charge in [-0.05, 0) is 103 Å². The molecule has 8 heteroatoms. The van der Waals surface area contributed by atoms with Crippen LogP contribution in [-0.4, -0.2) is 69.6 Å². The fourth-order valence-corrected chi connectivity index (χ4v) is 11.1. The Balaban J connectivity index is 1.83. The molecule has 0 radical (unpaired) electrons. The van der Waals surface area contributed by atoms with Crippen LogP contribution in [0.5, 0.6) is 0 Å². The second-order valence-electron chi connectivity index (χ2n) is 18.9. The lowest BCUT2D eigenvalue weighted by molar-refractivity contribution is -0.324. The van der Waals surface area contributed by atoms with Crippen LogP contribution in [0.1, 0.15) is 275 Å². The van der Waals surface area contributed by atoms with Crippen LogP contribution in [0, 0.1) is 0 Å². The van der Waals surface area contributed by atoms with Crippen molar-refractivity contribution < 1.29 is 28.7 Å². The lowest BCUT2D eigenvalue weighted by atomic mass is 9.71. The number of carbonyl (C=O) groups is 2. The van der Waals surface area contributed by atoms with Gasteiger partial charge in [0.25, 0.3) is 0 Å². The molecule has 0 aliphatic carbocycles.